The Labute approximate surface area is 270 Å². The summed E-state index contributed by atoms with van der Waals surface area (Å²) in [4.78, 5) is 6.13. The van der Waals surface area contributed by atoms with Crippen LogP contribution in [0.1, 0.15) is 32.4 Å². The van der Waals surface area contributed by atoms with Gasteiger partial charge in [0, 0.05) is 36.7 Å². The summed E-state index contributed by atoms with van der Waals surface area (Å²) in [6, 6.07) is 36.6. The van der Waals surface area contributed by atoms with Gasteiger partial charge in [-0.1, -0.05) is 48.6 Å². The van der Waals surface area contributed by atoms with Crippen LogP contribution in [-0.2, 0) is 17.4 Å². The van der Waals surface area contributed by atoms with E-state index in [1.807, 2.05) is 0 Å². The summed E-state index contributed by atoms with van der Waals surface area (Å²) >= 11 is 0. The van der Waals surface area contributed by atoms with Crippen LogP contribution in [0.2, 0.25) is 0 Å². The molecule has 1 aliphatic carbocycles. The van der Waals surface area contributed by atoms with Gasteiger partial charge in [0.1, 0.15) is 18.1 Å². The summed E-state index contributed by atoms with van der Waals surface area (Å²) in [5.74, 6) is 1.81. The summed E-state index contributed by atoms with van der Waals surface area (Å²) in [6.07, 6.45) is 21.4. The Morgan fingerprint density at radius 1 is 0.733 bits per heavy atom. The van der Waals surface area contributed by atoms with Gasteiger partial charge in [0.25, 0.3) is 0 Å². The van der Waals surface area contributed by atoms with Gasteiger partial charge in [-0.3, -0.25) is 0 Å². The lowest BCUT2D eigenvalue weighted by molar-refractivity contribution is -0.695. The third-order valence-electron chi connectivity index (χ3n) is 8.03. The van der Waals surface area contributed by atoms with E-state index in [0.717, 1.165) is 37.4 Å². The minimum Gasteiger partial charge on any atom is -0.457 e. The average molecular weight is 609 g/mol. The number of aromatic nitrogens is 1. The van der Waals surface area contributed by atoms with E-state index in [9.17, 15) is 0 Å². The second kappa shape index (κ2) is 14.8. The number of allylic oxidation sites excluding steroid dienone is 8. The number of nitrogens with zero attached hydrogens (tertiary/aromatic N) is 2. The van der Waals surface area contributed by atoms with E-state index < -0.39 is 0 Å². The molecule has 0 radical (unpaired) electrons. The molecule has 0 spiro atoms. The predicted octanol–water partition coefficient (Wildman–Crippen LogP) is 9.45. The molecule has 0 amide bonds. The molecule has 0 N–H and O–H groups in total. The zero-order chi connectivity index (χ0) is 30.8. The van der Waals surface area contributed by atoms with Crippen molar-refractivity contribution in [1.29, 1.82) is 0 Å². The fourth-order valence-electron chi connectivity index (χ4n) is 5.66. The van der Waals surface area contributed by atoms with Gasteiger partial charge in [-0.15, -0.1) is 0 Å². The van der Waals surface area contributed by atoms with Crippen LogP contribution in [0.3, 0.4) is 0 Å². The molecule has 0 fully saturated rings. The topological polar surface area (TPSA) is 16.4 Å². The van der Waals surface area contributed by atoms with Crippen molar-refractivity contribution in [1.82, 2.24) is 4.90 Å². The Bertz CT molecular complexity index is 1740. The molecule has 45 heavy (non-hydrogen) atoms. The third kappa shape index (κ3) is 7.30. The molecule has 224 valence electrons. The quantitative estimate of drug-likeness (QED) is 0.132. The maximum absolute atomic E-state index is 6.77. The summed E-state index contributed by atoms with van der Waals surface area (Å²) in [5.41, 5.74) is 4.80. The van der Waals surface area contributed by atoms with Crippen molar-refractivity contribution in [3.8, 4) is 5.75 Å². The molecular weight excluding hydrogens is 569 g/mol. The Balaban J connectivity index is 1.33. The number of ether oxygens (including phenoxy) is 1. The smallest absolute Gasteiger partial charge is 0.205 e. The van der Waals surface area contributed by atoms with E-state index in [1.54, 1.807) is 0 Å². The van der Waals surface area contributed by atoms with Crippen molar-refractivity contribution in [3.63, 3.8) is 0 Å². The molecule has 2 heterocycles. The first kappa shape index (κ1) is 30.2. The van der Waals surface area contributed by atoms with Gasteiger partial charge in [-0.2, -0.15) is 4.57 Å². The first-order chi connectivity index (χ1) is 22.2. The Morgan fingerprint density at radius 2 is 1.42 bits per heavy atom. The zero-order valence-electron chi connectivity index (χ0n) is 26.1. The standard InChI is InChI=1S/C41H40N2OS/c1-3-42-31-13-11-15-35(42)25-23-33-21-22-34(24-26-36-16-12-14-32-43(36)4-2)41(33)44-37-27-29-40(30-28-37)45(38-17-7-5-8-18-38)39-19-9-6-10-20-39/h5-20,23-32H,3-4,21-22H2,1-2H3/q+2. The van der Waals surface area contributed by atoms with Gasteiger partial charge in [0.2, 0.25) is 5.69 Å². The minimum atomic E-state index is -0.196. The number of aryl methyl sites for hydroxylation is 1. The highest BCUT2D eigenvalue weighted by Crippen LogP contribution is 2.36. The van der Waals surface area contributed by atoms with Gasteiger partial charge in [-0.25, -0.2) is 0 Å². The maximum Gasteiger partial charge on any atom is 0.205 e. The van der Waals surface area contributed by atoms with E-state index in [0.29, 0.717) is 0 Å². The van der Waals surface area contributed by atoms with Crippen molar-refractivity contribution in [3.05, 3.63) is 180 Å². The molecule has 2 aliphatic rings. The van der Waals surface area contributed by atoms with Crippen molar-refractivity contribution in [2.45, 2.75) is 47.9 Å². The lowest BCUT2D eigenvalue weighted by Crippen LogP contribution is -2.34. The van der Waals surface area contributed by atoms with Gasteiger partial charge in [-0.05, 0) is 117 Å². The fraction of sp³-hybridized carbons (Fsp3) is 0.146. The molecule has 4 aromatic rings. The van der Waals surface area contributed by atoms with E-state index >= 15 is 0 Å². The predicted molar refractivity (Wildman–Crippen MR) is 187 cm³/mol. The van der Waals surface area contributed by atoms with Crippen LogP contribution in [-0.4, -0.2) is 11.4 Å². The van der Waals surface area contributed by atoms with Gasteiger partial charge >= 0.3 is 0 Å². The molecule has 4 heteroatoms. The molecule has 0 bridgehead atoms. The normalized spacial score (nSPS) is 16.6. The van der Waals surface area contributed by atoms with Gasteiger partial charge in [0.15, 0.2) is 20.9 Å². The second-order valence-electron chi connectivity index (χ2n) is 10.9. The molecule has 3 aromatic carbocycles. The van der Waals surface area contributed by atoms with Crippen LogP contribution in [0.25, 0.3) is 6.08 Å². The third-order valence-corrected chi connectivity index (χ3v) is 10.3. The van der Waals surface area contributed by atoms with Gasteiger partial charge in [0.05, 0.1) is 10.9 Å². The Kier molecular flexibility index (Phi) is 9.93. The first-order valence-electron chi connectivity index (χ1n) is 15.8. The maximum atomic E-state index is 6.77. The summed E-state index contributed by atoms with van der Waals surface area (Å²) in [6.45, 7) is 6.21. The van der Waals surface area contributed by atoms with E-state index in [4.69, 9.17) is 4.74 Å². The van der Waals surface area contributed by atoms with Gasteiger partial charge < -0.3 is 9.64 Å². The molecule has 1 aromatic heterocycles. The number of likely N-dealkylation sites (N-methyl/N-ethyl adjacent to an activating group) is 1. The molecule has 0 saturated carbocycles. The number of pyridine rings is 1. The number of hydrogen-bond donors (Lipinski definition) is 0. The lowest BCUT2D eigenvalue weighted by Gasteiger charge is -2.21. The highest BCUT2D eigenvalue weighted by atomic mass is 32.2. The molecule has 0 atom stereocenters. The van der Waals surface area contributed by atoms with Crippen LogP contribution in [0.5, 0.6) is 5.75 Å². The molecule has 0 saturated heterocycles. The second-order valence-corrected chi connectivity index (χ2v) is 12.9. The monoisotopic (exact) mass is 608 g/mol. The Hall–Kier alpha value is -4.80. The molecular formula is C41H40N2OS+2. The van der Waals surface area contributed by atoms with Crippen molar-refractivity contribution < 1.29 is 9.30 Å². The van der Waals surface area contributed by atoms with Crippen LogP contribution in [0.15, 0.2) is 189 Å². The SMILES string of the molecule is CCN1C=CC=C/C1=C\C=C1/CCC(/C=C/c2cccc[n+]2CC)=C1Oc1ccc([S+](c2ccccc2)c2ccccc2)cc1. The van der Waals surface area contributed by atoms with Crippen molar-refractivity contribution >= 4 is 17.0 Å². The number of hydrogen-bond acceptors (Lipinski definition) is 2. The van der Waals surface area contributed by atoms with Crippen LogP contribution < -0.4 is 9.30 Å². The largest absolute Gasteiger partial charge is 0.457 e. The fourth-order valence-corrected chi connectivity index (χ4v) is 7.75. The van der Waals surface area contributed by atoms with Crippen molar-refractivity contribution in [2.24, 2.45) is 0 Å². The van der Waals surface area contributed by atoms with Crippen LogP contribution in [0, 0.1) is 0 Å². The first-order valence-corrected chi connectivity index (χ1v) is 17.0. The molecule has 3 nitrogen and oxygen atoms in total. The molecule has 0 unspecified atom stereocenters. The van der Waals surface area contributed by atoms with E-state index in [1.165, 1.54) is 37.2 Å². The minimum absolute atomic E-state index is 0.196. The summed E-state index contributed by atoms with van der Waals surface area (Å²) in [7, 11) is -0.196. The van der Waals surface area contributed by atoms with E-state index in [-0.39, 0.29) is 10.9 Å². The summed E-state index contributed by atoms with van der Waals surface area (Å²) in [5, 5.41) is 0. The summed E-state index contributed by atoms with van der Waals surface area (Å²) < 4.78 is 9.02. The van der Waals surface area contributed by atoms with Crippen molar-refractivity contribution in [2.75, 3.05) is 6.54 Å². The number of rotatable bonds is 10. The zero-order valence-corrected chi connectivity index (χ0v) is 26.9. The van der Waals surface area contributed by atoms with Crippen LogP contribution in [0.4, 0.5) is 0 Å². The highest BCUT2D eigenvalue weighted by molar-refractivity contribution is 7.97. The van der Waals surface area contributed by atoms with E-state index in [2.05, 4.69) is 181 Å². The molecule has 1 aliphatic heterocycles. The number of benzene rings is 3. The molecule has 6 rings (SSSR count). The highest BCUT2D eigenvalue weighted by Gasteiger charge is 2.28. The Morgan fingerprint density at radius 3 is 2.11 bits per heavy atom. The lowest BCUT2D eigenvalue weighted by atomic mass is 10.1. The van der Waals surface area contributed by atoms with Crippen LogP contribution >= 0.6 is 0 Å². The average Bonchev–Trinajstić information content (AvgIpc) is 3.49.